The molecule has 0 spiro atoms. The third-order valence-electron chi connectivity index (χ3n) is 3.99. The Kier molecular flexibility index (Phi) is 4.13. The second-order valence-electron chi connectivity index (χ2n) is 5.74. The Bertz CT molecular complexity index is 1120. The summed E-state index contributed by atoms with van der Waals surface area (Å²) in [5.74, 6) is 0.138. The second-order valence-corrected chi connectivity index (χ2v) is 5.74. The fraction of sp³-hybridized carbons (Fsp3) is 0.0526. The van der Waals surface area contributed by atoms with Gasteiger partial charge in [0.05, 0.1) is 29.9 Å². The first-order valence-corrected chi connectivity index (χ1v) is 8.09. The van der Waals surface area contributed by atoms with E-state index < -0.39 is 5.97 Å². The van der Waals surface area contributed by atoms with Crippen molar-refractivity contribution in [3.8, 4) is 11.4 Å². The number of hydrogen-bond donors (Lipinski definition) is 2. The molecule has 2 aromatic heterocycles. The molecule has 27 heavy (non-hydrogen) atoms. The largest absolute Gasteiger partial charge is 0.497 e. The lowest BCUT2D eigenvalue weighted by Crippen LogP contribution is -2.02. The van der Waals surface area contributed by atoms with Crippen molar-refractivity contribution >= 4 is 28.6 Å². The van der Waals surface area contributed by atoms with Crippen LogP contribution in [0.3, 0.4) is 0 Å². The average molecular weight is 361 g/mol. The minimum atomic E-state index is -0.971. The third-order valence-corrected chi connectivity index (χ3v) is 3.99. The maximum Gasteiger partial charge on any atom is 0.335 e. The summed E-state index contributed by atoms with van der Waals surface area (Å²) in [6.07, 6.45) is 3.38. The van der Waals surface area contributed by atoms with Crippen LogP contribution in [0.4, 0.5) is 11.6 Å². The number of ether oxygens (including phenoxy) is 1. The van der Waals surface area contributed by atoms with Gasteiger partial charge in [-0.25, -0.2) is 14.5 Å². The van der Waals surface area contributed by atoms with Gasteiger partial charge in [0.25, 0.3) is 0 Å². The van der Waals surface area contributed by atoms with Gasteiger partial charge in [-0.1, -0.05) is 6.07 Å². The van der Waals surface area contributed by atoms with E-state index in [1.807, 2.05) is 24.3 Å². The van der Waals surface area contributed by atoms with Gasteiger partial charge in [-0.2, -0.15) is 10.1 Å². The number of fused-ring (bicyclic) bond motifs is 1. The van der Waals surface area contributed by atoms with Crippen LogP contribution in [-0.4, -0.2) is 37.9 Å². The summed E-state index contributed by atoms with van der Waals surface area (Å²) in [5, 5.41) is 17.2. The van der Waals surface area contributed by atoms with Crippen molar-refractivity contribution in [2.75, 3.05) is 12.4 Å². The van der Waals surface area contributed by atoms with Crippen LogP contribution in [0.5, 0.6) is 5.75 Å². The minimum absolute atomic E-state index is 0.216. The van der Waals surface area contributed by atoms with Crippen molar-refractivity contribution in [1.82, 2.24) is 19.7 Å². The highest BCUT2D eigenvalue weighted by Crippen LogP contribution is 2.22. The summed E-state index contributed by atoms with van der Waals surface area (Å²) in [4.78, 5) is 19.8. The van der Waals surface area contributed by atoms with Crippen molar-refractivity contribution in [3.63, 3.8) is 0 Å². The molecule has 0 radical (unpaired) electrons. The van der Waals surface area contributed by atoms with Gasteiger partial charge in [0, 0.05) is 18.0 Å². The summed E-state index contributed by atoms with van der Waals surface area (Å²) in [6, 6.07) is 13.9. The van der Waals surface area contributed by atoms with Crippen molar-refractivity contribution in [1.29, 1.82) is 0 Å². The first-order chi connectivity index (χ1) is 13.1. The zero-order valence-electron chi connectivity index (χ0n) is 14.3. The van der Waals surface area contributed by atoms with E-state index >= 15 is 0 Å². The van der Waals surface area contributed by atoms with Crippen LogP contribution in [0, 0.1) is 0 Å². The first kappa shape index (κ1) is 16.5. The molecule has 0 fully saturated rings. The second kappa shape index (κ2) is 6.75. The van der Waals surface area contributed by atoms with Crippen molar-refractivity contribution in [2.45, 2.75) is 0 Å². The highest BCUT2D eigenvalue weighted by Gasteiger charge is 2.10. The van der Waals surface area contributed by atoms with Crippen LogP contribution in [0.25, 0.3) is 16.7 Å². The van der Waals surface area contributed by atoms with Crippen LogP contribution < -0.4 is 10.1 Å². The van der Waals surface area contributed by atoms with E-state index in [4.69, 9.17) is 9.84 Å². The highest BCUT2D eigenvalue weighted by atomic mass is 16.5. The van der Waals surface area contributed by atoms with Gasteiger partial charge >= 0.3 is 5.97 Å². The van der Waals surface area contributed by atoms with Gasteiger partial charge in [0.15, 0.2) is 5.65 Å². The summed E-state index contributed by atoms with van der Waals surface area (Å²) in [7, 11) is 1.61. The molecule has 0 aliphatic carbocycles. The van der Waals surface area contributed by atoms with Crippen LogP contribution in [-0.2, 0) is 0 Å². The van der Waals surface area contributed by atoms with Crippen molar-refractivity contribution in [2.24, 2.45) is 0 Å². The Morgan fingerprint density at radius 1 is 1.15 bits per heavy atom. The number of carboxylic acids is 1. The molecule has 0 aliphatic heterocycles. The summed E-state index contributed by atoms with van der Waals surface area (Å²) < 4.78 is 6.97. The number of methoxy groups -OCH3 is 1. The standard InChI is InChI=1S/C19H15N5O3/c1-27-16-4-2-3-15(9-16)24-17-13(11-21-24)10-20-19(23-17)22-14-7-5-12(6-8-14)18(25)26/h2-11H,1H3,(H,25,26)(H,20,22,23). The number of rotatable bonds is 5. The van der Waals surface area contributed by atoms with Crippen LogP contribution in [0.1, 0.15) is 10.4 Å². The molecule has 0 atom stereocenters. The van der Waals surface area contributed by atoms with E-state index in [1.165, 1.54) is 12.1 Å². The lowest BCUT2D eigenvalue weighted by molar-refractivity contribution is 0.0697. The number of carbonyl (C=O) groups is 1. The number of carboxylic acid groups (broad SMARTS) is 1. The quantitative estimate of drug-likeness (QED) is 0.562. The first-order valence-electron chi connectivity index (χ1n) is 8.09. The lowest BCUT2D eigenvalue weighted by atomic mass is 10.2. The van der Waals surface area contributed by atoms with Gasteiger partial charge in [0.1, 0.15) is 5.75 Å². The normalized spacial score (nSPS) is 10.7. The number of hydrogen-bond acceptors (Lipinski definition) is 6. The molecule has 0 saturated heterocycles. The molecule has 134 valence electrons. The van der Waals surface area contributed by atoms with Gasteiger partial charge in [-0.3, -0.25) is 0 Å². The van der Waals surface area contributed by atoms with E-state index in [1.54, 1.807) is 36.3 Å². The molecule has 0 bridgehead atoms. The molecule has 0 saturated carbocycles. The Balaban J connectivity index is 1.68. The molecule has 0 aliphatic rings. The average Bonchev–Trinajstić information content (AvgIpc) is 3.12. The predicted molar refractivity (Wildman–Crippen MR) is 99.9 cm³/mol. The van der Waals surface area contributed by atoms with E-state index in [9.17, 15) is 4.79 Å². The number of benzene rings is 2. The van der Waals surface area contributed by atoms with E-state index in [-0.39, 0.29) is 5.56 Å². The molecule has 0 amide bonds. The molecule has 8 nitrogen and oxygen atoms in total. The molecule has 2 aromatic carbocycles. The zero-order chi connectivity index (χ0) is 18.8. The summed E-state index contributed by atoms with van der Waals surface area (Å²) >= 11 is 0. The van der Waals surface area contributed by atoms with E-state index in [0.717, 1.165) is 16.8 Å². The van der Waals surface area contributed by atoms with Crippen LogP contribution >= 0.6 is 0 Å². The predicted octanol–water partition coefficient (Wildman–Crippen LogP) is 3.27. The number of nitrogens with zero attached hydrogens (tertiary/aromatic N) is 4. The van der Waals surface area contributed by atoms with Gasteiger partial charge in [0.2, 0.25) is 5.95 Å². The highest BCUT2D eigenvalue weighted by molar-refractivity contribution is 5.88. The SMILES string of the molecule is COc1cccc(-n2ncc3cnc(Nc4ccc(C(=O)O)cc4)nc32)c1. The van der Waals surface area contributed by atoms with Gasteiger partial charge < -0.3 is 15.2 Å². The molecule has 0 unspecified atom stereocenters. The molecule has 4 rings (SSSR count). The topological polar surface area (TPSA) is 102 Å². The number of aromatic nitrogens is 4. The Morgan fingerprint density at radius 2 is 1.96 bits per heavy atom. The Labute approximate surface area is 154 Å². The third kappa shape index (κ3) is 3.28. The smallest absolute Gasteiger partial charge is 0.335 e. The van der Waals surface area contributed by atoms with Crippen LogP contribution in [0.15, 0.2) is 60.9 Å². The maximum atomic E-state index is 10.9. The van der Waals surface area contributed by atoms with Crippen molar-refractivity contribution < 1.29 is 14.6 Å². The Morgan fingerprint density at radius 3 is 2.70 bits per heavy atom. The molecule has 2 N–H and O–H groups in total. The fourth-order valence-electron chi connectivity index (χ4n) is 2.63. The van der Waals surface area contributed by atoms with Crippen LogP contribution in [0.2, 0.25) is 0 Å². The van der Waals surface area contributed by atoms with E-state index in [0.29, 0.717) is 17.3 Å². The monoisotopic (exact) mass is 361 g/mol. The number of anilines is 2. The number of nitrogens with one attached hydrogen (secondary N) is 1. The summed E-state index contributed by atoms with van der Waals surface area (Å²) in [5.41, 5.74) is 2.36. The summed E-state index contributed by atoms with van der Waals surface area (Å²) in [6.45, 7) is 0. The molecule has 8 heteroatoms. The molecule has 2 heterocycles. The minimum Gasteiger partial charge on any atom is -0.497 e. The molecule has 4 aromatic rings. The van der Waals surface area contributed by atoms with Gasteiger partial charge in [-0.05, 0) is 36.4 Å². The maximum absolute atomic E-state index is 10.9. The molecular weight excluding hydrogens is 346 g/mol. The van der Waals surface area contributed by atoms with Crippen molar-refractivity contribution in [3.05, 3.63) is 66.5 Å². The lowest BCUT2D eigenvalue weighted by Gasteiger charge is -2.07. The Hall–Kier alpha value is -3.94. The van der Waals surface area contributed by atoms with E-state index in [2.05, 4.69) is 20.4 Å². The number of aromatic carboxylic acids is 1. The molecular formula is C19H15N5O3. The van der Waals surface area contributed by atoms with Gasteiger partial charge in [-0.15, -0.1) is 0 Å². The fourth-order valence-corrected chi connectivity index (χ4v) is 2.63. The zero-order valence-corrected chi connectivity index (χ0v) is 14.3.